The topological polar surface area (TPSA) is 98.7 Å². The quantitative estimate of drug-likeness (QED) is 0.476. The number of hydrogen-bond acceptors (Lipinski definition) is 5. The van der Waals surface area contributed by atoms with Crippen molar-refractivity contribution in [3.63, 3.8) is 0 Å². The first-order valence-electron chi connectivity index (χ1n) is 14.1. The van der Waals surface area contributed by atoms with E-state index in [0.717, 1.165) is 38.5 Å². The van der Waals surface area contributed by atoms with E-state index in [1.54, 1.807) is 0 Å². The minimum atomic E-state index is -0.419. The third-order valence-corrected chi connectivity index (χ3v) is 12.9. The zero-order valence-electron chi connectivity index (χ0n) is 22.9. The van der Waals surface area contributed by atoms with Crippen LogP contribution in [0.15, 0.2) is 0 Å². The van der Waals surface area contributed by atoms with E-state index in [1.165, 1.54) is 0 Å². The lowest BCUT2D eigenvalue weighted by Crippen LogP contribution is -2.64. The molecule has 0 aromatic carbocycles. The summed E-state index contributed by atoms with van der Waals surface area (Å²) in [6.07, 6.45) is 5.58. The van der Waals surface area contributed by atoms with Crippen molar-refractivity contribution in [2.24, 2.45) is 50.7 Å². The number of fused-ring (bicyclic) bond motifs is 2. The number of Topliss-reactive ketones (excluding diaryl/α,β-unsaturated/α-hetero) is 1. The number of hydrogen-bond donors (Lipinski definition) is 4. The Morgan fingerprint density at radius 1 is 1.09 bits per heavy atom. The van der Waals surface area contributed by atoms with Gasteiger partial charge < -0.3 is 20.8 Å². The van der Waals surface area contributed by atoms with Crippen molar-refractivity contribution in [2.75, 3.05) is 13.7 Å². The van der Waals surface area contributed by atoms with Gasteiger partial charge in [-0.1, -0.05) is 34.6 Å². The molecular formula is C29H48N2O4. The van der Waals surface area contributed by atoms with Crippen LogP contribution in [0.2, 0.25) is 0 Å². The lowest BCUT2D eigenvalue weighted by molar-refractivity contribution is -0.172. The van der Waals surface area contributed by atoms with Crippen LogP contribution in [0.25, 0.3) is 0 Å². The number of carbonyl (C=O) groups excluding carboxylic acids is 2. The average Bonchev–Trinajstić information content (AvgIpc) is 3.44. The standard InChI is InChI=1S/C29H48N2O4/c1-16(2)24(35)31-21-10-11-28-14-29(28)20(9-8-19(28)25(21,4)15-32)26(5)12-18(33)23(17(3)30-7)27(26,6)13-22(29)34/h16-21,23,30,32-33H,8-15H2,1-7H3,(H,31,35)/t17-,18+,19-,20-,21-,23-,25-,26-,27+,28?,29-/m0/s1. The molecule has 11 atom stereocenters. The lowest BCUT2D eigenvalue weighted by atomic mass is 9.41. The average molecular weight is 489 g/mol. The first-order valence-corrected chi connectivity index (χ1v) is 14.1. The second kappa shape index (κ2) is 7.77. The number of carbonyl (C=O) groups is 2. The molecule has 0 saturated heterocycles. The highest BCUT2D eigenvalue weighted by atomic mass is 16.3. The van der Waals surface area contributed by atoms with Crippen molar-refractivity contribution in [1.82, 2.24) is 10.6 Å². The van der Waals surface area contributed by atoms with Gasteiger partial charge >= 0.3 is 0 Å². The molecule has 0 aromatic heterocycles. The Morgan fingerprint density at radius 2 is 1.74 bits per heavy atom. The largest absolute Gasteiger partial charge is 0.396 e. The molecule has 5 fully saturated rings. The number of aliphatic hydroxyl groups is 2. The highest BCUT2D eigenvalue weighted by Crippen LogP contribution is 2.87. The molecular weight excluding hydrogens is 440 g/mol. The van der Waals surface area contributed by atoms with Crippen LogP contribution in [-0.2, 0) is 9.59 Å². The Kier molecular flexibility index (Phi) is 5.69. The van der Waals surface area contributed by atoms with E-state index in [0.29, 0.717) is 12.2 Å². The maximum atomic E-state index is 14.3. The molecule has 0 aliphatic heterocycles. The Hall–Kier alpha value is -0.980. The van der Waals surface area contributed by atoms with Crippen molar-refractivity contribution >= 4 is 11.7 Å². The van der Waals surface area contributed by atoms with E-state index >= 15 is 0 Å². The van der Waals surface area contributed by atoms with Gasteiger partial charge in [-0.3, -0.25) is 9.59 Å². The fraction of sp³-hybridized carbons (Fsp3) is 0.931. The van der Waals surface area contributed by atoms with E-state index in [1.807, 2.05) is 20.9 Å². The summed E-state index contributed by atoms with van der Waals surface area (Å²) in [6, 6.07) is 0.0989. The molecule has 1 unspecified atom stereocenters. The number of ketones is 1. The molecule has 0 aromatic rings. The third-order valence-electron chi connectivity index (χ3n) is 12.9. The molecule has 5 rings (SSSR count). The molecule has 5 aliphatic carbocycles. The van der Waals surface area contributed by atoms with E-state index in [4.69, 9.17) is 0 Å². The van der Waals surface area contributed by atoms with Gasteiger partial charge in [-0.25, -0.2) is 0 Å². The zero-order valence-corrected chi connectivity index (χ0v) is 22.9. The van der Waals surface area contributed by atoms with E-state index in [2.05, 4.69) is 38.3 Å². The fourth-order valence-electron chi connectivity index (χ4n) is 10.9. The lowest BCUT2D eigenvalue weighted by Gasteiger charge is -2.62. The molecule has 5 saturated carbocycles. The monoisotopic (exact) mass is 488 g/mol. The number of amides is 1. The van der Waals surface area contributed by atoms with Crippen molar-refractivity contribution < 1.29 is 19.8 Å². The maximum Gasteiger partial charge on any atom is 0.222 e. The van der Waals surface area contributed by atoms with Crippen LogP contribution in [0.1, 0.15) is 86.5 Å². The Balaban J connectivity index is 1.51. The van der Waals surface area contributed by atoms with Crippen LogP contribution in [-0.4, -0.2) is 53.7 Å². The SMILES string of the molecule is CN[C@@H](C)[C@H]1[C@H](O)C[C@@]2(C)[C@@H]3CC[C@@H]4C5(CC[C@H](NC(=O)C(C)C)[C@@]4(C)CO)C[C@@]35C(=O)C[C@]12C. The number of rotatable bonds is 5. The molecule has 4 N–H and O–H groups in total. The summed E-state index contributed by atoms with van der Waals surface area (Å²) in [7, 11) is 1.95. The number of aliphatic hydroxyl groups excluding tert-OH is 2. The minimum absolute atomic E-state index is 0.0346. The van der Waals surface area contributed by atoms with Gasteiger partial charge in [0.05, 0.1) is 12.7 Å². The predicted octanol–water partition coefficient (Wildman–Crippen LogP) is 3.30. The number of nitrogens with one attached hydrogen (secondary N) is 2. The normalized spacial score (nSPS) is 53.3. The van der Waals surface area contributed by atoms with Gasteiger partial charge in [0.1, 0.15) is 5.78 Å². The van der Waals surface area contributed by atoms with Gasteiger partial charge in [-0.15, -0.1) is 0 Å². The Bertz CT molecular complexity index is 922. The fourth-order valence-corrected chi connectivity index (χ4v) is 10.9. The van der Waals surface area contributed by atoms with Crippen molar-refractivity contribution in [2.45, 2.75) is 105 Å². The van der Waals surface area contributed by atoms with Crippen molar-refractivity contribution in [1.29, 1.82) is 0 Å². The van der Waals surface area contributed by atoms with E-state index < -0.39 is 11.5 Å². The predicted molar refractivity (Wildman–Crippen MR) is 135 cm³/mol. The second-order valence-electron chi connectivity index (χ2n) is 14.2. The Labute approximate surface area is 211 Å². The van der Waals surface area contributed by atoms with Crippen molar-refractivity contribution in [3.8, 4) is 0 Å². The molecule has 198 valence electrons. The van der Waals surface area contributed by atoms with Crippen LogP contribution in [0.3, 0.4) is 0 Å². The first kappa shape index (κ1) is 25.7. The molecule has 0 bridgehead atoms. The summed E-state index contributed by atoms with van der Waals surface area (Å²) < 4.78 is 0. The zero-order chi connectivity index (χ0) is 25.8. The van der Waals surface area contributed by atoms with Gasteiger partial charge in [0.15, 0.2) is 0 Å². The summed E-state index contributed by atoms with van der Waals surface area (Å²) >= 11 is 0. The summed E-state index contributed by atoms with van der Waals surface area (Å²) in [5.41, 5.74) is -1.10. The van der Waals surface area contributed by atoms with Gasteiger partial charge in [0.25, 0.3) is 0 Å². The van der Waals surface area contributed by atoms with Crippen LogP contribution in [0.5, 0.6) is 0 Å². The van der Waals surface area contributed by atoms with Gasteiger partial charge in [-0.2, -0.15) is 0 Å². The summed E-state index contributed by atoms with van der Waals surface area (Å²) in [4.78, 5) is 26.9. The minimum Gasteiger partial charge on any atom is -0.396 e. The molecule has 5 aliphatic rings. The first-order chi connectivity index (χ1) is 16.3. The molecule has 6 heteroatoms. The van der Waals surface area contributed by atoms with Gasteiger partial charge in [0.2, 0.25) is 5.91 Å². The Morgan fingerprint density at radius 3 is 2.34 bits per heavy atom. The highest BCUT2D eigenvalue weighted by Gasteiger charge is 2.86. The van der Waals surface area contributed by atoms with Gasteiger partial charge in [-0.05, 0) is 80.6 Å². The molecule has 1 amide bonds. The van der Waals surface area contributed by atoms with E-state index in [-0.39, 0.29) is 69.9 Å². The molecule has 0 heterocycles. The molecule has 0 radical (unpaired) electrons. The van der Waals surface area contributed by atoms with Crippen molar-refractivity contribution in [3.05, 3.63) is 0 Å². The van der Waals surface area contributed by atoms with Crippen LogP contribution >= 0.6 is 0 Å². The smallest absolute Gasteiger partial charge is 0.222 e. The van der Waals surface area contributed by atoms with Crippen LogP contribution in [0, 0.1) is 50.7 Å². The summed E-state index contributed by atoms with van der Waals surface area (Å²) in [5.74, 6) is 0.960. The van der Waals surface area contributed by atoms with Gasteiger partial charge in [0, 0.05) is 41.2 Å². The molecule has 2 spiro atoms. The van der Waals surface area contributed by atoms with E-state index in [9.17, 15) is 19.8 Å². The summed E-state index contributed by atoms with van der Waals surface area (Å²) in [5, 5.41) is 28.7. The van der Waals surface area contributed by atoms with Crippen LogP contribution in [0.4, 0.5) is 0 Å². The summed E-state index contributed by atoms with van der Waals surface area (Å²) in [6.45, 7) is 12.8. The van der Waals surface area contributed by atoms with Crippen LogP contribution < -0.4 is 10.6 Å². The second-order valence-corrected chi connectivity index (χ2v) is 14.2. The third kappa shape index (κ3) is 2.88. The molecule has 6 nitrogen and oxygen atoms in total. The highest BCUT2D eigenvalue weighted by molar-refractivity contribution is 5.92. The maximum absolute atomic E-state index is 14.3. The molecule has 35 heavy (non-hydrogen) atoms.